The predicted octanol–water partition coefficient (Wildman–Crippen LogP) is 6.56. The van der Waals surface area contributed by atoms with Crippen LogP contribution in [0.25, 0.3) is 22.3 Å². The van der Waals surface area contributed by atoms with E-state index < -0.39 is 0 Å². The van der Waals surface area contributed by atoms with Gasteiger partial charge in [0.2, 0.25) is 0 Å². The van der Waals surface area contributed by atoms with Crippen LogP contribution >= 0.6 is 0 Å². The molecule has 2 nitrogen and oxygen atoms in total. The Labute approximate surface area is 153 Å². The highest BCUT2D eigenvalue weighted by Gasteiger charge is 2.38. The van der Waals surface area contributed by atoms with Crippen LogP contribution in [0.4, 0.5) is 0 Å². The molecule has 0 spiro atoms. The van der Waals surface area contributed by atoms with Crippen molar-refractivity contribution in [2.24, 2.45) is 0 Å². The fourth-order valence-corrected chi connectivity index (χ4v) is 4.40. The summed E-state index contributed by atoms with van der Waals surface area (Å²) in [6, 6.07) is 19.4. The zero-order valence-electron chi connectivity index (χ0n) is 15.4. The molecular formula is C24H22O2. The van der Waals surface area contributed by atoms with E-state index in [9.17, 15) is 0 Å². The minimum absolute atomic E-state index is 0.0912. The first kappa shape index (κ1) is 15.5. The van der Waals surface area contributed by atoms with Crippen LogP contribution in [0.2, 0.25) is 0 Å². The molecule has 2 heterocycles. The molecule has 1 aliphatic rings. The first-order valence-corrected chi connectivity index (χ1v) is 9.25. The third-order valence-corrected chi connectivity index (χ3v) is 5.86. The van der Waals surface area contributed by atoms with Gasteiger partial charge in [0, 0.05) is 22.8 Å². The van der Waals surface area contributed by atoms with E-state index in [1.807, 2.05) is 6.92 Å². The van der Waals surface area contributed by atoms with Crippen LogP contribution in [0, 0.1) is 13.8 Å². The molecule has 1 unspecified atom stereocenters. The summed E-state index contributed by atoms with van der Waals surface area (Å²) >= 11 is 0. The third kappa shape index (κ3) is 2.11. The molecule has 26 heavy (non-hydrogen) atoms. The molecule has 0 radical (unpaired) electrons. The number of benzene rings is 2. The standard InChI is InChI=1S/C24H22O2/c1-15-9-10-20-18(13-15)22-21(26-20)11-12-24(3,17-7-5-4-6-8-17)19-14-16(2)25-23(19)22/h4-10,13-14H,11-12H2,1-3H3. The van der Waals surface area contributed by atoms with Crippen molar-refractivity contribution < 1.29 is 8.83 Å². The Morgan fingerprint density at radius 3 is 2.54 bits per heavy atom. The van der Waals surface area contributed by atoms with Gasteiger partial charge in [0.15, 0.2) is 0 Å². The Bertz CT molecular complexity index is 1110. The van der Waals surface area contributed by atoms with E-state index in [4.69, 9.17) is 8.83 Å². The number of hydrogen-bond acceptors (Lipinski definition) is 2. The highest BCUT2D eigenvalue weighted by molar-refractivity contribution is 5.96. The van der Waals surface area contributed by atoms with Gasteiger partial charge in [-0.3, -0.25) is 0 Å². The summed E-state index contributed by atoms with van der Waals surface area (Å²) < 4.78 is 12.5. The van der Waals surface area contributed by atoms with Gasteiger partial charge < -0.3 is 8.83 Å². The summed E-state index contributed by atoms with van der Waals surface area (Å²) in [5.74, 6) is 2.97. The monoisotopic (exact) mass is 342 g/mol. The SMILES string of the molecule is Cc1ccc2oc3c(c2c1)-c1oc(C)cc1C(C)(c1ccccc1)CC3. The number of aryl methyl sites for hydroxylation is 3. The van der Waals surface area contributed by atoms with Crippen molar-refractivity contribution in [2.45, 2.75) is 39.0 Å². The zero-order chi connectivity index (χ0) is 17.9. The molecule has 1 aliphatic carbocycles. The lowest BCUT2D eigenvalue weighted by Crippen LogP contribution is -2.23. The topological polar surface area (TPSA) is 26.3 Å². The molecule has 0 saturated heterocycles. The average molecular weight is 342 g/mol. The van der Waals surface area contributed by atoms with E-state index in [1.165, 1.54) is 16.7 Å². The molecule has 1 atom stereocenters. The second-order valence-corrected chi connectivity index (χ2v) is 7.70. The molecular weight excluding hydrogens is 320 g/mol. The van der Waals surface area contributed by atoms with Crippen molar-refractivity contribution in [3.63, 3.8) is 0 Å². The van der Waals surface area contributed by atoms with E-state index in [0.717, 1.165) is 46.7 Å². The Kier molecular flexibility index (Phi) is 3.21. The van der Waals surface area contributed by atoms with Gasteiger partial charge in [0.05, 0.1) is 5.56 Å². The van der Waals surface area contributed by atoms with Crippen molar-refractivity contribution in [3.05, 3.63) is 82.8 Å². The Morgan fingerprint density at radius 1 is 0.923 bits per heavy atom. The summed E-state index contributed by atoms with van der Waals surface area (Å²) in [5.41, 5.74) is 5.83. The van der Waals surface area contributed by atoms with Gasteiger partial charge in [0.1, 0.15) is 22.9 Å². The first-order valence-electron chi connectivity index (χ1n) is 9.25. The quantitative estimate of drug-likeness (QED) is 0.391. The highest BCUT2D eigenvalue weighted by atomic mass is 16.4. The Balaban J connectivity index is 1.83. The lowest BCUT2D eigenvalue weighted by Gasteiger charge is -2.29. The highest BCUT2D eigenvalue weighted by Crippen LogP contribution is 2.49. The molecule has 5 rings (SSSR count). The molecule has 0 saturated carbocycles. The van der Waals surface area contributed by atoms with Gasteiger partial charge in [0.25, 0.3) is 0 Å². The fraction of sp³-hybridized carbons (Fsp3) is 0.250. The molecule has 0 aliphatic heterocycles. The second-order valence-electron chi connectivity index (χ2n) is 7.70. The largest absolute Gasteiger partial charge is 0.461 e. The lowest BCUT2D eigenvalue weighted by molar-refractivity contribution is 0.477. The van der Waals surface area contributed by atoms with Gasteiger partial charge in [-0.05, 0) is 44.0 Å². The predicted molar refractivity (Wildman–Crippen MR) is 105 cm³/mol. The van der Waals surface area contributed by atoms with Crippen molar-refractivity contribution in [1.29, 1.82) is 0 Å². The molecule has 2 aromatic heterocycles. The average Bonchev–Trinajstić information content (AvgIpc) is 3.17. The molecule has 2 heteroatoms. The van der Waals surface area contributed by atoms with Crippen LogP contribution in [-0.2, 0) is 11.8 Å². The summed E-state index contributed by atoms with van der Waals surface area (Å²) in [4.78, 5) is 0. The van der Waals surface area contributed by atoms with Crippen molar-refractivity contribution >= 4 is 11.0 Å². The van der Waals surface area contributed by atoms with Gasteiger partial charge in [-0.1, -0.05) is 48.9 Å². The summed E-state index contributed by atoms with van der Waals surface area (Å²) in [6.07, 6.45) is 1.90. The molecule has 4 aromatic rings. The summed E-state index contributed by atoms with van der Waals surface area (Å²) in [7, 11) is 0. The molecule has 0 amide bonds. The number of furan rings is 2. The van der Waals surface area contributed by atoms with Crippen molar-refractivity contribution in [2.75, 3.05) is 0 Å². The normalized spacial score (nSPS) is 19.2. The molecule has 0 fully saturated rings. The van der Waals surface area contributed by atoms with Crippen LogP contribution in [0.5, 0.6) is 0 Å². The smallest absolute Gasteiger partial charge is 0.142 e. The molecule has 130 valence electrons. The van der Waals surface area contributed by atoms with Gasteiger partial charge in [-0.2, -0.15) is 0 Å². The molecule has 0 N–H and O–H groups in total. The number of hydrogen-bond donors (Lipinski definition) is 0. The van der Waals surface area contributed by atoms with E-state index in [-0.39, 0.29) is 5.41 Å². The second kappa shape index (κ2) is 5.38. The van der Waals surface area contributed by atoms with E-state index in [1.54, 1.807) is 0 Å². The van der Waals surface area contributed by atoms with Crippen LogP contribution in [-0.4, -0.2) is 0 Å². The first-order chi connectivity index (χ1) is 12.6. The van der Waals surface area contributed by atoms with Gasteiger partial charge in [-0.25, -0.2) is 0 Å². The maximum Gasteiger partial charge on any atom is 0.142 e. The number of fused-ring (bicyclic) bond motifs is 5. The minimum Gasteiger partial charge on any atom is -0.461 e. The van der Waals surface area contributed by atoms with Crippen LogP contribution < -0.4 is 0 Å². The maximum absolute atomic E-state index is 6.28. The zero-order valence-corrected chi connectivity index (χ0v) is 15.4. The van der Waals surface area contributed by atoms with E-state index >= 15 is 0 Å². The van der Waals surface area contributed by atoms with Crippen molar-refractivity contribution in [1.82, 2.24) is 0 Å². The Morgan fingerprint density at radius 2 is 1.73 bits per heavy atom. The summed E-state index contributed by atoms with van der Waals surface area (Å²) in [5, 5.41) is 1.16. The van der Waals surface area contributed by atoms with Gasteiger partial charge in [-0.15, -0.1) is 0 Å². The van der Waals surface area contributed by atoms with E-state index in [2.05, 4.69) is 68.4 Å². The molecule has 0 bridgehead atoms. The van der Waals surface area contributed by atoms with Crippen molar-refractivity contribution in [3.8, 4) is 11.3 Å². The lowest BCUT2D eigenvalue weighted by atomic mass is 9.73. The van der Waals surface area contributed by atoms with Gasteiger partial charge >= 0.3 is 0 Å². The van der Waals surface area contributed by atoms with Crippen LogP contribution in [0.3, 0.4) is 0 Å². The molecule has 2 aromatic carbocycles. The maximum atomic E-state index is 6.28. The Hall–Kier alpha value is -2.74. The van der Waals surface area contributed by atoms with E-state index in [0.29, 0.717) is 0 Å². The summed E-state index contributed by atoms with van der Waals surface area (Å²) in [6.45, 7) is 6.49. The number of rotatable bonds is 1. The van der Waals surface area contributed by atoms with Crippen LogP contribution in [0.15, 0.2) is 63.4 Å². The van der Waals surface area contributed by atoms with Crippen LogP contribution in [0.1, 0.15) is 41.6 Å². The fourth-order valence-electron chi connectivity index (χ4n) is 4.40. The minimum atomic E-state index is -0.0912. The third-order valence-electron chi connectivity index (χ3n) is 5.86.